The van der Waals surface area contributed by atoms with Gasteiger partial charge in [-0.2, -0.15) is 11.8 Å². The molecule has 0 saturated carbocycles. The number of ether oxygens (including phenoxy) is 3. The minimum Gasteiger partial charge on any atom is -0.480 e. The van der Waals surface area contributed by atoms with E-state index in [1.165, 1.54) is 6.08 Å². The summed E-state index contributed by atoms with van der Waals surface area (Å²) in [6.45, 7) is 3.08. The van der Waals surface area contributed by atoms with Gasteiger partial charge in [-0.1, -0.05) is 67.1 Å². The molecule has 0 spiro atoms. The van der Waals surface area contributed by atoms with Crippen LogP contribution in [0.3, 0.4) is 0 Å². The SMILES string of the molecule is C#CCOC(=O)C(CSCC(NC(=O)OCC1c2ccccc2-c2ccccc21)C(=O)O)NC(=O)OCC=C. The molecule has 3 rings (SSSR count). The van der Waals surface area contributed by atoms with Gasteiger partial charge in [-0.25, -0.2) is 19.2 Å². The summed E-state index contributed by atoms with van der Waals surface area (Å²) >= 11 is 0.998. The molecule has 0 radical (unpaired) electrons. The van der Waals surface area contributed by atoms with E-state index < -0.39 is 36.2 Å². The number of amides is 2. The minimum atomic E-state index is -1.32. The quantitative estimate of drug-likeness (QED) is 0.148. The summed E-state index contributed by atoms with van der Waals surface area (Å²) in [6, 6.07) is 13.2. The highest BCUT2D eigenvalue weighted by Gasteiger charge is 2.30. The third-order valence-electron chi connectivity index (χ3n) is 5.71. The summed E-state index contributed by atoms with van der Waals surface area (Å²) in [5.41, 5.74) is 4.19. The lowest BCUT2D eigenvalue weighted by molar-refractivity contribution is -0.144. The number of aliphatic carboxylic acids is 1. The van der Waals surface area contributed by atoms with Crippen LogP contribution in [-0.2, 0) is 23.8 Å². The molecule has 11 heteroatoms. The number of thioether (sulfide) groups is 1. The molecule has 0 heterocycles. The first-order valence-corrected chi connectivity index (χ1v) is 13.1. The molecule has 204 valence electrons. The molecule has 1 aliphatic rings. The number of esters is 1. The third kappa shape index (κ3) is 8.02. The largest absolute Gasteiger partial charge is 0.480 e. The van der Waals surface area contributed by atoms with Crippen LogP contribution in [0, 0.1) is 12.3 Å². The fourth-order valence-corrected chi connectivity index (χ4v) is 5.01. The zero-order valence-electron chi connectivity index (χ0n) is 21.0. The molecule has 0 aromatic heterocycles. The number of nitrogens with one attached hydrogen (secondary N) is 2. The molecule has 3 N–H and O–H groups in total. The Kier molecular flexibility index (Phi) is 10.8. The van der Waals surface area contributed by atoms with Gasteiger partial charge in [0.05, 0.1) is 0 Å². The molecule has 0 saturated heterocycles. The molecule has 0 aliphatic heterocycles. The van der Waals surface area contributed by atoms with E-state index in [1.54, 1.807) is 0 Å². The standard InChI is InChI=1S/C28H28N2O8S/c1-3-13-36-26(33)24(30-27(34)37-14-4-2)17-39-16-23(25(31)32)29-28(35)38-15-22-20-11-7-5-9-18(20)19-10-6-8-12-21(19)22/h1,4-12,22-24H,2,13-17H2,(H,29,35)(H,30,34)(H,31,32). The van der Waals surface area contributed by atoms with Crippen LogP contribution in [-0.4, -0.2) is 72.6 Å². The number of hydrogen-bond donors (Lipinski definition) is 3. The Morgan fingerprint density at radius 3 is 2.10 bits per heavy atom. The van der Waals surface area contributed by atoms with E-state index in [4.69, 9.17) is 20.6 Å². The van der Waals surface area contributed by atoms with Gasteiger partial charge in [-0.15, -0.1) is 6.42 Å². The van der Waals surface area contributed by atoms with E-state index in [1.807, 2.05) is 48.5 Å². The second kappa shape index (κ2) is 14.5. The number of rotatable bonds is 13. The molecule has 0 fully saturated rings. The van der Waals surface area contributed by atoms with Crippen LogP contribution in [0.25, 0.3) is 11.1 Å². The van der Waals surface area contributed by atoms with Crippen LogP contribution in [0.5, 0.6) is 0 Å². The van der Waals surface area contributed by atoms with E-state index in [9.17, 15) is 24.3 Å². The second-order valence-corrected chi connectivity index (χ2v) is 9.37. The summed E-state index contributed by atoms with van der Waals surface area (Å²) < 4.78 is 15.1. The molecule has 0 bridgehead atoms. The first kappa shape index (κ1) is 29.1. The maximum Gasteiger partial charge on any atom is 0.408 e. The van der Waals surface area contributed by atoms with Crippen molar-refractivity contribution in [1.29, 1.82) is 0 Å². The first-order chi connectivity index (χ1) is 18.8. The van der Waals surface area contributed by atoms with Crippen LogP contribution in [0.2, 0.25) is 0 Å². The van der Waals surface area contributed by atoms with Crippen molar-refractivity contribution in [2.45, 2.75) is 18.0 Å². The minimum absolute atomic E-state index is 0.0270. The number of carbonyl (C=O) groups excluding carboxylic acids is 3. The van der Waals surface area contributed by atoms with Gasteiger partial charge in [0.15, 0.2) is 6.61 Å². The van der Waals surface area contributed by atoms with Crippen molar-refractivity contribution in [2.75, 3.05) is 31.3 Å². The van der Waals surface area contributed by atoms with E-state index in [0.717, 1.165) is 34.0 Å². The van der Waals surface area contributed by atoms with Gasteiger partial charge >= 0.3 is 24.1 Å². The molecule has 2 aromatic carbocycles. The smallest absolute Gasteiger partial charge is 0.408 e. The summed E-state index contributed by atoms with van der Waals surface area (Å²) in [5, 5.41) is 14.3. The van der Waals surface area contributed by atoms with E-state index in [-0.39, 0.29) is 37.2 Å². The maximum absolute atomic E-state index is 12.5. The predicted octanol–water partition coefficient (Wildman–Crippen LogP) is 3.17. The number of hydrogen-bond acceptors (Lipinski definition) is 8. The molecule has 2 aromatic rings. The second-order valence-electron chi connectivity index (χ2n) is 8.29. The van der Waals surface area contributed by atoms with E-state index in [0.29, 0.717) is 0 Å². The van der Waals surface area contributed by atoms with Gasteiger partial charge < -0.3 is 30.0 Å². The molecular formula is C28H28N2O8S. The van der Waals surface area contributed by atoms with Crippen molar-refractivity contribution in [3.05, 3.63) is 72.3 Å². The molecular weight excluding hydrogens is 524 g/mol. The van der Waals surface area contributed by atoms with Gasteiger partial charge in [0.2, 0.25) is 0 Å². The number of carboxylic acids is 1. The summed E-state index contributed by atoms with van der Waals surface area (Å²) in [6.07, 6.45) is 4.68. The van der Waals surface area contributed by atoms with Crippen molar-refractivity contribution in [3.63, 3.8) is 0 Å². The number of terminal acetylenes is 1. The maximum atomic E-state index is 12.5. The van der Waals surface area contributed by atoms with Crippen molar-refractivity contribution in [2.24, 2.45) is 0 Å². The van der Waals surface area contributed by atoms with Gasteiger partial charge in [0.1, 0.15) is 25.3 Å². The number of fused-ring (bicyclic) bond motifs is 3. The molecule has 2 atom stereocenters. The summed E-state index contributed by atoms with van der Waals surface area (Å²) in [4.78, 5) is 48.4. The fourth-order valence-electron chi connectivity index (χ4n) is 3.96. The highest BCUT2D eigenvalue weighted by Crippen LogP contribution is 2.44. The summed E-state index contributed by atoms with van der Waals surface area (Å²) in [7, 11) is 0. The van der Waals surface area contributed by atoms with Crippen molar-refractivity contribution < 1.29 is 38.5 Å². The summed E-state index contributed by atoms with van der Waals surface area (Å²) in [5.74, 6) is -0.323. The Balaban J connectivity index is 1.55. The van der Waals surface area contributed by atoms with Crippen molar-refractivity contribution >= 4 is 35.9 Å². The fraction of sp³-hybridized carbons (Fsp3) is 0.286. The molecule has 39 heavy (non-hydrogen) atoms. The first-order valence-electron chi connectivity index (χ1n) is 11.9. The van der Waals surface area contributed by atoms with Crippen LogP contribution >= 0.6 is 11.8 Å². The van der Waals surface area contributed by atoms with Crippen molar-refractivity contribution in [3.8, 4) is 23.5 Å². The molecule has 1 aliphatic carbocycles. The van der Waals surface area contributed by atoms with Gasteiger partial charge in [0.25, 0.3) is 0 Å². The Bertz CT molecular complexity index is 1210. The lowest BCUT2D eigenvalue weighted by Crippen LogP contribution is -2.46. The van der Waals surface area contributed by atoms with Crippen LogP contribution in [0.4, 0.5) is 9.59 Å². The molecule has 2 unspecified atom stereocenters. The Labute approximate surface area is 230 Å². The predicted molar refractivity (Wildman–Crippen MR) is 145 cm³/mol. The number of carboxylic acid groups (broad SMARTS) is 1. The average Bonchev–Trinajstić information content (AvgIpc) is 3.26. The van der Waals surface area contributed by atoms with Gasteiger partial charge in [-0.05, 0) is 22.3 Å². The lowest BCUT2D eigenvalue weighted by atomic mass is 9.98. The zero-order valence-corrected chi connectivity index (χ0v) is 21.8. The van der Waals surface area contributed by atoms with Crippen LogP contribution < -0.4 is 10.6 Å². The Morgan fingerprint density at radius 1 is 0.949 bits per heavy atom. The monoisotopic (exact) mass is 552 g/mol. The normalized spacial score (nSPS) is 13.0. The topological polar surface area (TPSA) is 140 Å². The Morgan fingerprint density at radius 2 is 1.51 bits per heavy atom. The van der Waals surface area contributed by atoms with Crippen LogP contribution in [0.15, 0.2) is 61.2 Å². The van der Waals surface area contributed by atoms with Gasteiger partial charge in [-0.3, -0.25) is 0 Å². The number of carbonyl (C=O) groups is 4. The highest BCUT2D eigenvalue weighted by molar-refractivity contribution is 7.99. The van der Waals surface area contributed by atoms with Crippen LogP contribution in [0.1, 0.15) is 17.0 Å². The van der Waals surface area contributed by atoms with Crippen molar-refractivity contribution in [1.82, 2.24) is 10.6 Å². The Hall–Kier alpha value is -4.43. The number of benzene rings is 2. The number of alkyl carbamates (subject to hydrolysis) is 2. The highest BCUT2D eigenvalue weighted by atomic mass is 32.2. The lowest BCUT2D eigenvalue weighted by Gasteiger charge is -2.19. The van der Waals surface area contributed by atoms with E-state index in [2.05, 4.69) is 23.1 Å². The molecule has 10 nitrogen and oxygen atoms in total. The molecule has 2 amide bonds. The van der Waals surface area contributed by atoms with Gasteiger partial charge in [0, 0.05) is 17.4 Å². The van der Waals surface area contributed by atoms with E-state index >= 15 is 0 Å². The third-order valence-corrected chi connectivity index (χ3v) is 6.85. The average molecular weight is 553 g/mol. The zero-order chi connectivity index (χ0) is 28.2.